The van der Waals surface area contributed by atoms with Crippen molar-refractivity contribution in [3.05, 3.63) is 29.8 Å². The number of rotatable bonds is 9. The molecule has 0 unspecified atom stereocenters. The molecule has 1 aromatic rings. The van der Waals surface area contributed by atoms with E-state index in [4.69, 9.17) is 5.53 Å². The smallest absolute Gasteiger partial charge is 0.234 e. The summed E-state index contributed by atoms with van der Waals surface area (Å²) in [6.45, 7) is 11.8. The Balaban J connectivity index is 3.77. The monoisotopic (exact) mass is 387 g/mol. The van der Waals surface area contributed by atoms with Gasteiger partial charge in [-0.05, 0) is 19.1 Å². The third kappa shape index (κ3) is 4.84. The lowest BCUT2D eigenvalue weighted by molar-refractivity contribution is 0.412. The van der Waals surface area contributed by atoms with Crippen molar-refractivity contribution in [1.82, 2.24) is 14.3 Å². The first kappa shape index (κ1) is 21.7. The fourth-order valence-electron chi connectivity index (χ4n) is 2.58. The number of nitrogens with one attached hydrogen (secondary N) is 1. The normalized spacial score (nSPS) is 12.3. The van der Waals surface area contributed by atoms with Gasteiger partial charge in [-0.15, -0.1) is 4.15 Å². The summed E-state index contributed by atoms with van der Waals surface area (Å²) in [5.41, 5.74) is 8.23. The van der Waals surface area contributed by atoms with Crippen molar-refractivity contribution in [3.8, 4) is 0 Å². The maximum Gasteiger partial charge on any atom is 0.316 e. The van der Waals surface area contributed by atoms with Gasteiger partial charge in [0.05, 0.1) is 4.90 Å². The van der Waals surface area contributed by atoms with Crippen LogP contribution in [0.25, 0.3) is 0 Å². The zero-order valence-corrected chi connectivity index (χ0v) is 17.3. The number of sulfonamides is 1. The summed E-state index contributed by atoms with van der Waals surface area (Å²) in [7, 11) is -6.97. The van der Waals surface area contributed by atoms with Gasteiger partial charge in [0.15, 0.2) is 4.88 Å². The number of benzene rings is 1. The van der Waals surface area contributed by atoms with Crippen LogP contribution in [0, 0.1) is 12.5 Å². The van der Waals surface area contributed by atoms with Gasteiger partial charge < -0.3 is 0 Å². The molecule has 1 N–H and O–H groups in total. The van der Waals surface area contributed by atoms with Gasteiger partial charge >= 0.3 is 7.51 Å². The van der Waals surface area contributed by atoms with Crippen LogP contribution in [0.2, 0.25) is 0 Å². The molecule has 0 saturated carbocycles. The Hall–Kier alpha value is -1.37. The summed E-state index contributed by atoms with van der Waals surface area (Å²) in [5.74, 6) is 0. The second kappa shape index (κ2) is 9.36. The lowest BCUT2D eigenvalue weighted by Gasteiger charge is -2.34. The van der Waals surface area contributed by atoms with E-state index in [1.54, 1.807) is 24.3 Å². The molecule has 0 bridgehead atoms. The van der Waals surface area contributed by atoms with E-state index in [1.165, 1.54) is 0 Å². The van der Waals surface area contributed by atoms with Gasteiger partial charge in [0, 0.05) is 26.2 Å². The minimum absolute atomic E-state index is 0.127. The van der Waals surface area contributed by atoms with Gasteiger partial charge in [0.2, 0.25) is 4.91 Å². The van der Waals surface area contributed by atoms with Crippen molar-refractivity contribution in [2.75, 3.05) is 26.2 Å². The Bertz CT molecular complexity index is 748. The lowest BCUT2D eigenvalue weighted by Crippen LogP contribution is -2.31. The van der Waals surface area contributed by atoms with E-state index in [1.807, 2.05) is 44.0 Å². The molecule has 1 rings (SSSR count). The maximum absolute atomic E-state index is 13.0. The maximum atomic E-state index is 13.0. The summed E-state index contributed by atoms with van der Waals surface area (Å²) < 4.78 is 34.0. The molecule has 0 fully saturated rings. The Morgan fingerprint density at radius 3 is 1.80 bits per heavy atom. The summed E-state index contributed by atoms with van der Waals surface area (Å²) >= 11 is 0. The minimum atomic E-state index is -3.93. The van der Waals surface area contributed by atoms with Gasteiger partial charge in [0.1, 0.15) is 5.53 Å². The van der Waals surface area contributed by atoms with E-state index in [0.717, 1.165) is 5.56 Å². The molecule has 0 spiro atoms. The van der Waals surface area contributed by atoms with Crippen molar-refractivity contribution in [2.24, 2.45) is 9.04 Å². The van der Waals surface area contributed by atoms with Crippen molar-refractivity contribution in [1.29, 1.82) is 5.53 Å². The largest absolute Gasteiger partial charge is 0.316 e. The van der Waals surface area contributed by atoms with Crippen molar-refractivity contribution in [2.45, 2.75) is 39.5 Å². The highest BCUT2D eigenvalue weighted by molar-refractivity contribution is 7.93. The fraction of sp³-hybridized carbons (Fsp3) is 0.600. The number of hydrogen-bond donors (Lipinski definition) is 1. The van der Waals surface area contributed by atoms with Crippen LogP contribution in [-0.2, 0) is 10.0 Å². The molecule has 0 aliphatic heterocycles. The zero-order valence-electron chi connectivity index (χ0n) is 15.5. The molecular formula is C15H28N6O2PS+. The van der Waals surface area contributed by atoms with E-state index in [2.05, 4.69) is 13.9 Å². The van der Waals surface area contributed by atoms with Crippen LogP contribution in [0.1, 0.15) is 33.3 Å². The average Bonchev–Trinajstić information content (AvgIpc) is 2.57. The van der Waals surface area contributed by atoms with Crippen LogP contribution in [0.4, 0.5) is 0 Å². The van der Waals surface area contributed by atoms with Crippen LogP contribution >= 0.6 is 7.51 Å². The van der Waals surface area contributed by atoms with Gasteiger partial charge in [0.25, 0.3) is 10.0 Å². The first-order valence-electron chi connectivity index (χ1n) is 8.36. The van der Waals surface area contributed by atoms with Crippen LogP contribution in [0.5, 0.6) is 0 Å². The van der Waals surface area contributed by atoms with E-state index >= 15 is 0 Å². The molecule has 0 atom stereocenters. The Labute approximate surface area is 150 Å². The fourth-order valence-corrected chi connectivity index (χ4v) is 7.77. The highest BCUT2D eigenvalue weighted by Crippen LogP contribution is 2.58. The summed E-state index contributed by atoms with van der Waals surface area (Å²) in [6, 6.07) is 6.57. The second-order valence-corrected chi connectivity index (χ2v) is 9.83. The molecule has 0 aliphatic carbocycles. The van der Waals surface area contributed by atoms with Crippen LogP contribution < -0.4 is 4.91 Å². The zero-order chi connectivity index (χ0) is 19.1. The molecule has 10 heteroatoms. The highest BCUT2D eigenvalue weighted by Gasteiger charge is 2.40. The molecule has 0 amide bonds. The molecule has 0 radical (unpaired) electrons. The van der Waals surface area contributed by atoms with Crippen LogP contribution in [0.15, 0.2) is 38.2 Å². The molecular weight excluding hydrogens is 359 g/mol. The third-order valence-electron chi connectivity index (χ3n) is 3.92. The third-order valence-corrected chi connectivity index (χ3v) is 9.50. The second-order valence-electron chi connectivity index (χ2n) is 5.37. The van der Waals surface area contributed by atoms with Crippen LogP contribution in [0.3, 0.4) is 0 Å². The van der Waals surface area contributed by atoms with E-state index in [9.17, 15) is 8.42 Å². The minimum Gasteiger partial charge on any atom is -0.234 e. The number of nitrogens with zero attached hydrogens (tertiary/aromatic N) is 5. The Morgan fingerprint density at radius 1 is 1.00 bits per heavy atom. The Kier molecular flexibility index (Phi) is 8.12. The van der Waals surface area contributed by atoms with Gasteiger partial charge in [-0.2, -0.15) is 8.42 Å². The highest BCUT2D eigenvalue weighted by atomic mass is 32.2. The standard InChI is InChI=1S/C15H28N6O2PS/c1-6-20(7-2)24(18-17-16,21(8-3)9-4)19-25(22,23)15-12-10-14(5)11-13-15/h10-13,16H,6-9H2,1-5H3/q+1. The van der Waals surface area contributed by atoms with Gasteiger partial charge in [-0.1, -0.05) is 45.4 Å². The van der Waals surface area contributed by atoms with Crippen molar-refractivity contribution < 1.29 is 8.42 Å². The average molecular weight is 387 g/mol. The van der Waals surface area contributed by atoms with Crippen LogP contribution in [-0.4, -0.2) is 43.9 Å². The van der Waals surface area contributed by atoms with E-state index in [0.29, 0.717) is 26.2 Å². The quantitative estimate of drug-likeness (QED) is 0.395. The number of aryl methyl sites for hydroxylation is 1. The summed E-state index contributed by atoms with van der Waals surface area (Å²) in [4.78, 5) is 7.42. The summed E-state index contributed by atoms with van der Waals surface area (Å²) in [6.07, 6.45) is 0. The predicted octanol–water partition coefficient (Wildman–Crippen LogP) is 3.86. The van der Waals surface area contributed by atoms with E-state index in [-0.39, 0.29) is 4.90 Å². The van der Waals surface area contributed by atoms with E-state index < -0.39 is 17.5 Å². The molecule has 140 valence electrons. The van der Waals surface area contributed by atoms with Gasteiger partial charge in [-0.25, -0.2) is 9.34 Å². The topological polar surface area (TPSA) is 103 Å². The first-order chi connectivity index (χ1) is 11.8. The lowest BCUT2D eigenvalue weighted by atomic mass is 10.2. The predicted molar refractivity (Wildman–Crippen MR) is 101 cm³/mol. The molecule has 0 saturated heterocycles. The summed E-state index contributed by atoms with van der Waals surface area (Å²) in [5, 5.41) is 0. The molecule has 0 aromatic heterocycles. The number of hydrogen-bond acceptors (Lipinski definition) is 3. The SMILES string of the molecule is CCN(CC)P(N=[N+]=N)(=NS(=O)(=O)c1ccc(C)cc1)N(CC)CC. The molecule has 0 aliphatic rings. The van der Waals surface area contributed by atoms with Crippen molar-refractivity contribution >= 4 is 17.5 Å². The molecule has 0 heterocycles. The molecule has 1 aromatic carbocycles. The first-order valence-corrected chi connectivity index (χ1v) is 11.4. The molecule has 8 nitrogen and oxygen atoms in total. The van der Waals surface area contributed by atoms with Crippen molar-refractivity contribution in [3.63, 3.8) is 0 Å². The van der Waals surface area contributed by atoms with Gasteiger partial charge in [-0.3, -0.25) is 0 Å². The Morgan fingerprint density at radius 2 is 1.44 bits per heavy atom. The molecule has 25 heavy (non-hydrogen) atoms.